The number of ether oxygens (including phenoxy) is 2. The van der Waals surface area contributed by atoms with Crippen LogP contribution in [0.3, 0.4) is 0 Å². The summed E-state index contributed by atoms with van der Waals surface area (Å²) in [6, 6.07) is 13.1. The highest BCUT2D eigenvalue weighted by molar-refractivity contribution is 6.04. The van der Waals surface area contributed by atoms with Crippen LogP contribution in [0.25, 0.3) is 0 Å². The molecule has 0 aliphatic carbocycles. The molecule has 6 heteroatoms. The summed E-state index contributed by atoms with van der Waals surface area (Å²) in [6.45, 7) is 6.41. The van der Waals surface area contributed by atoms with Gasteiger partial charge in [-0.3, -0.25) is 4.79 Å². The highest BCUT2D eigenvalue weighted by atomic mass is 16.7. The quantitative estimate of drug-likeness (QED) is 0.690. The monoisotopic (exact) mass is 375 g/mol. The number of aromatic nitrogens is 1. The summed E-state index contributed by atoms with van der Waals surface area (Å²) in [5.41, 5.74) is 5.69. The van der Waals surface area contributed by atoms with Crippen molar-refractivity contribution in [2.24, 2.45) is 0 Å². The van der Waals surface area contributed by atoms with Gasteiger partial charge in [0.2, 0.25) is 6.79 Å². The average molecular weight is 375 g/mol. The van der Waals surface area contributed by atoms with Crippen molar-refractivity contribution in [3.8, 4) is 11.5 Å². The Balaban J connectivity index is 1.46. The number of anilines is 3. The molecule has 1 aliphatic heterocycles. The fourth-order valence-electron chi connectivity index (χ4n) is 3.28. The number of nitrogens with one attached hydrogen (secondary N) is 2. The van der Waals surface area contributed by atoms with E-state index >= 15 is 0 Å². The summed E-state index contributed by atoms with van der Waals surface area (Å²) in [4.78, 5) is 16.9. The molecule has 142 valence electrons. The molecule has 1 aliphatic rings. The van der Waals surface area contributed by atoms with Crippen molar-refractivity contribution in [2.75, 3.05) is 17.4 Å². The van der Waals surface area contributed by atoms with Crippen molar-refractivity contribution < 1.29 is 14.3 Å². The zero-order chi connectivity index (χ0) is 19.7. The van der Waals surface area contributed by atoms with Gasteiger partial charge < -0.3 is 20.1 Å². The molecule has 0 fully saturated rings. The van der Waals surface area contributed by atoms with Gasteiger partial charge in [-0.2, -0.15) is 0 Å². The number of carbonyl (C=O) groups is 1. The van der Waals surface area contributed by atoms with Gasteiger partial charge in [0.25, 0.3) is 5.91 Å². The maximum Gasteiger partial charge on any atom is 0.257 e. The molecule has 4 rings (SSSR count). The number of pyridine rings is 1. The Hall–Kier alpha value is -3.54. The summed E-state index contributed by atoms with van der Waals surface area (Å²) >= 11 is 0. The van der Waals surface area contributed by atoms with E-state index in [0.717, 1.165) is 16.8 Å². The lowest BCUT2D eigenvalue weighted by Gasteiger charge is -2.13. The zero-order valence-corrected chi connectivity index (χ0v) is 16.0. The van der Waals surface area contributed by atoms with Crippen LogP contribution in [0.15, 0.2) is 48.7 Å². The summed E-state index contributed by atoms with van der Waals surface area (Å²) in [7, 11) is 0. The van der Waals surface area contributed by atoms with E-state index in [1.165, 1.54) is 5.56 Å². The Morgan fingerprint density at radius 1 is 0.964 bits per heavy atom. The van der Waals surface area contributed by atoms with Gasteiger partial charge in [-0.1, -0.05) is 17.7 Å². The number of aryl methyl sites for hydroxylation is 3. The molecule has 0 bridgehead atoms. The maximum absolute atomic E-state index is 12.5. The second kappa shape index (κ2) is 7.23. The van der Waals surface area contributed by atoms with Gasteiger partial charge in [0.05, 0.1) is 5.56 Å². The minimum atomic E-state index is -0.236. The third kappa shape index (κ3) is 3.62. The topological polar surface area (TPSA) is 72.5 Å². The molecule has 1 amide bonds. The van der Waals surface area contributed by atoms with E-state index in [1.54, 1.807) is 36.5 Å². The number of fused-ring (bicyclic) bond motifs is 1. The van der Waals surface area contributed by atoms with Crippen LogP contribution in [0, 0.1) is 20.8 Å². The maximum atomic E-state index is 12.5. The molecule has 2 aromatic carbocycles. The predicted molar refractivity (Wildman–Crippen MR) is 109 cm³/mol. The number of rotatable bonds is 4. The van der Waals surface area contributed by atoms with Gasteiger partial charge in [0, 0.05) is 23.6 Å². The lowest BCUT2D eigenvalue weighted by molar-refractivity contribution is 0.102. The van der Waals surface area contributed by atoms with Crippen LogP contribution in [-0.4, -0.2) is 17.7 Å². The third-order valence-corrected chi connectivity index (χ3v) is 4.59. The van der Waals surface area contributed by atoms with Crippen molar-refractivity contribution in [3.63, 3.8) is 0 Å². The minimum Gasteiger partial charge on any atom is -0.454 e. The molecular formula is C22H21N3O3. The Morgan fingerprint density at radius 2 is 1.71 bits per heavy atom. The standard InChI is InChI=1S/C22H21N3O3/c1-13-8-14(2)21(15(3)9-13)25-20-7-4-16(11-23-20)22(26)24-17-5-6-18-19(10-17)28-12-27-18/h4-11H,12H2,1-3H3,(H,23,25)(H,24,26). The van der Waals surface area contributed by atoms with Gasteiger partial charge in [0.1, 0.15) is 5.82 Å². The zero-order valence-electron chi connectivity index (χ0n) is 16.0. The van der Waals surface area contributed by atoms with Crippen molar-refractivity contribution in [3.05, 3.63) is 70.9 Å². The van der Waals surface area contributed by atoms with Gasteiger partial charge in [-0.25, -0.2) is 4.98 Å². The van der Waals surface area contributed by atoms with Gasteiger partial charge >= 0.3 is 0 Å². The molecule has 1 aromatic heterocycles. The first-order chi connectivity index (χ1) is 13.5. The van der Waals surface area contributed by atoms with E-state index < -0.39 is 0 Å². The van der Waals surface area contributed by atoms with Crippen molar-refractivity contribution in [1.29, 1.82) is 0 Å². The SMILES string of the molecule is Cc1cc(C)c(Nc2ccc(C(=O)Nc3ccc4c(c3)OCO4)cn2)c(C)c1. The second-order valence-electron chi connectivity index (χ2n) is 6.85. The highest BCUT2D eigenvalue weighted by Crippen LogP contribution is 2.34. The number of nitrogens with zero attached hydrogens (tertiary/aromatic N) is 1. The molecule has 0 saturated carbocycles. The lowest BCUT2D eigenvalue weighted by Crippen LogP contribution is -2.12. The summed E-state index contributed by atoms with van der Waals surface area (Å²) < 4.78 is 10.6. The van der Waals surface area contributed by atoms with Crippen molar-refractivity contribution in [2.45, 2.75) is 20.8 Å². The van der Waals surface area contributed by atoms with Crippen LogP contribution in [0.1, 0.15) is 27.0 Å². The van der Waals surface area contributed by atoms with Crippen molar-refractivity contribution >= 4 is 23.1 Å². The molecule has 0 radical (unpaired) electrons. The number of amides is 1. The van der Waals surface area contributed by atoms with E-state index in [2.05, 4.69) is 48.5 Å². The van der Waals surface area contributed by atoms with E-state index in [9.17, 15) is 4.79 Å². The first-order valence-electron chi connectivity index (χ1n) is 9.01. The largest absolute Gasteiger partial charge is 0.454 e. The molecule has 0 unspecified atom stereocenters. The van der Waals surface area contributed by atoms with Gasteiger partial charge in [-0.05, 0) is 56.2 Å². The van der Waals surface area contributed by atoms with Gasteiger partial charge in [0.15, 0.2) is 11.5 Å². The number of benzene rings is 2. The Bertz CT molecular complexity index is 1020. The average Bonchev–Trinajstić information content (AvgIpc) is 3.13. The van der Waals surface area contributed by atoms with E-state index in [-0.39, 0.29) is 12.7 Å². The van der Waals surface area contributed by atoms with Crippen molar-refractivity contribution in [1.82, 2.24) is 4.98 Å². The number of hydrogen-bond acceptors (Lipinski definition) is 5. The van der Waals surface area contributed by atoms with Crippen LogP contribution < -0.4 is 20.1 Å². The predicted octanol–water partition coefficient (Wildman–Crippen LogP) is 4.73. The molecule has 0 atom stereocenters. The van der Waals surface area contributed by atoms with Crippen LogP contribution >= 0.6 is 0 Å². The summed E-state index contributed by atoms with van der Waals surface area (Å²) in [5, 5.41) is 6.19. The molecule has 2 N–H and O–H groups in total. The lowest BCUT2D eigenvalue weighted by atomic mass is 10.1. The van der Waals surface area contributed by atoms with Crippen LogP contribution in [0.5, 0.6) is 11.5 Å². The van der Waals surface area contributed by atoms with E-state index in [4.69, 9.17) is 9.47 Å². The van der Waals surface area contributed by atoms with E-state index in [1.807, 2.05) is 0 Å². The summed E-state index contributed by atoms with van der Waals surface area (Å²) in [5.74, 6) is 1.76. The minimum absolute atomic E-state index is 0.199. The smallest absolute Gasteiger partial charge is 0.257 e. The first kappa shape index (κ1) is 17.9. The highest BCUT2D eigenvalue weighted by Gasteiger charge is 2.15. The van der Waals surface area contributed by atoms with Crippen LogP contribution in [0.2, 0.25) is 0 Å². The fraction of sp³-hybridized carbons (Fsp3) is 0.182. The third-order valence-electron chi connectivity index (χ3n) is 4.59. The first-order valence-corrected chi connectivity index (χ1v) is 9.01. The molecule has 3 aromatic rings. The van der Waals surface area contributed by atoms with Crippen LogP contribution in [-0.2, 0) is 0 Å². The Labute approximate surface area is 163 Å². The van der Waals surface area contributed by atoms with Gasteiger partial charge in [-0.15, -0.1) is 0 Å². The fourth-order valence-corrected chi connectivity index (χ4v) is 3.28. The molecule has 2 heterocycles. The molecule has 0 spiro atoms. The Kier molecular flexibility index (Phi) is 4.61. The van der Waals surface area contributed by atoms with Crippen LogP contribution in [0.4, 0.5) is 17.2 Å². The molecule has 0 saturated heterocycles. The Morgan fingerprint density at radius 3 is 2.43 bits per heavy atom. The molecule has 28 heavy (non-hydrogen) atoms. The van der Waals surface area contributed by atoms with E-state index in [0.29, 0.717) is 28.6 Å². The summed E-state index contributed by atoms with van der Waals surface area (Å²) in [6.07, 6.45) is 1.56. The number of hydrogen-bond donors (Lipinski definition) is 2. The molecule has 6 nitrogen and oxygen atoms in total. The second-order valence-corrected chi connectivity index (χ2v) is 6.85. The number of carbonyl (C=O) groups excluding carboxylic acids is 1. The normalized spacial score (nSPS) is 12.0. The molecular weight excluding hydrogens is 354 g/mol.